The fourth-order valence-corrected chi connectivity index (χ4v) is 0.858. The van der Waals surface area contributed by atoms with Crippen molar-refractivity contribution < 1.29 is 4.74 Å². The number of hydrogen-bond acceptors (Lipinski definition) is 3. The van der Waals surface area contributed by atoms with Gasteiger partial charge in [0.1, 0.15) is 0 Å². The second-order valence-corrected chi connectivity index (χ2v) is 2.21. The third-order valence-electron chi connectivity index (χ3n) is 1.39. The van der Waals surface area contributed by atoms with E-state index in [4.69, 9.17) is 10.5 Å². The predicted octanol–water partition coefficient (Wildman–Crippen LogP) is 1.01. The molecular weight excluding hydrogens is 176 g/mol. The molecule has 0 aliphatic heterocycles. The number of hydrogen-bond donors (Lipinski definition) is 1. The van der Waals surface area contributed by atoms with Crippen molar-refractivity contribution in [2.24, 2.45) is 5.73 Å². The zero-order valence-electron chi connectivity index (χ0n) is 6.99. The van der Waals surface area contributed by atoms with Crippen molar-refractivity contribution >= 4 is 12.4 Å². The number of halogens is 1. The van der Waals surface area contributed by atoms with E-state index in [-0.39, 0.29) is 12.4 Å². The molecule has 0 amide bonds. The third kappa shape index (κ3) is 3.07. The Labute approximate surface area is 78.4 Å². The van der Waals surface area contributed by atoms with Gasteiger partial charge in [-0.15, -0.1) is 12.4 Å². The first-order valence-electron chi connectivity index (χ1n) is 3.57. The first kappa shape index (κ1) is 11.2. The maximum atomic E-state index is 5.37. The van der Waals surface area contributed by atoms with Crippen LogP contribution in [0, 0.1) is 0 Å². The number of nitrogens with two attached hydrogens (primary N) is 1. The van der Waals surface area contributed by atoms with E-state index in [1.54, 1.807) is 7.11 Å². The first-order valence-corrected chi connectivity index (χ1v) is 3.57. The minimum atomic E-state index is 0. The molecule has 0 atom stereocenters. The van der Waals surface area contributed by atoms with E-state index >= 15 is 0 Å². The fraction of sp³-hybridized carbons (Fsp3) is 0.375. The number of pyridine rings is 1. The minimum Gasteiger partial charge on any atom is -0.481 e. The van der Waals surface area contributed by atoms with Crippen LogP contribution in [0.5, 0.6) is 5.88 Å². The highest BCUT2D eigenvalue weighted by molar-refractivity contribution is 5.85. The molecule has 1 heterocycles. The molecule has 0 saturated heterocycles. The van der Waals surface area contributed by atoms with Crippen molar-refractivity contribution in [3.05, 3.63) is 23.9 Å². The number of rotatable bonds is 3. The van der Waals surface area contributed by atoms with Crippen LogP contribution in [-0.2, 0) is 6.42 Å². The summed E-state index contributed by atoms with van der Waals surface area (Å²) in [5.74, 6) is 0.649. The smallest absolute Gasteiger partial charge is 0.213 e. The van der Waals surface area contributed by atoms with E-state index in [2.05, 4.69) is 4.98 Å². The molecule has 1 rings (SSSR count). The standard InChI is InChI=1S/C8H12N2O.ClH/c1-11-8-4-2-3-7(10-8)5-6-9;/h2-4H,5-6,9H2,1H3;1H. The highest BCUT2D eigenvalue weighted by Gasteiger charge is 1.94. The molecule has 4 heteroatoms. The molecule has 68 valence electrons. The summed E-state index contributed by atoms with van der Waals surface area (Å²) in [6.45, 7) is 0.625. The summed E-state index contributed by atoms with van der Waals surface area (Å²) >= 11 is 0. The molecular formula is C8H13ClN2O. The first-order chi connectivity index (χ1) is 5.36. The summed E-state index contributed by atoms with van der Waals surface area (Å²) in [5.41, 5.74) is 6.35. The summed E-state index contributed by atoms with van der Waals surface area (Å²) < 4.78 is 4.95. The quantitative estimate of drug-likeness (QED) is 0.771. The van der Waals surface area contributed by atoms with Crippen LogP contribution in [0.3, 0.4) is 0 Å². The molecule has 3 nitrogen and oxygen atoms in total. The van der Waals surface area contributed by atoms with Gasteiger partial charge in [-0.1, -0.05) is 6.07 Å². The summed E-state index contributed by atoms with van der Waals surface area (Å²) in [7, 11) is 1.61. The second-order valence-electron chi connectivity index (χ2n) is 2.21. The molecule has 0 radical (unpaired) electrons. The van der Waals surface area contributed by atoms with Crippen molar-refractivity contribution in [3.63, 3.8) is 0 Å². The summed E-state index contributed by atoms with van der Waals surface area (Å²) in [6.07, 6.45) is 0.803. The molecule has 0 saturated carbocycles. The molecule has 0 fully saturated rings. The van der Waals surface area contributed by atoms with Gasteiger partial charge in [-0.25, -0.2) is 4.98 Å². The zero-order valence-corrected chi connectivity index (χ0v) is 7.80. The predicted molar refractivity (Wildman–Crippen MR) is 50.8 cm³/mol. The Hall–Kier alpha value is -0.800. The summed E-state index contributed by atoms with van der Waals surface area (Å²) in [5, 5.41) is 0. The largest absolute Gasteiger partial charge is 0.481 e. The molecule has 0 aliphatic rings. The molecule has 0 spiro atoms. The maximum absolute atomic E-state index is 5.37. The van der Waals surface area contributed by atoms with Gasteiger partial charge in [-0.2, -0.15) is 0 Å². The van der Waals surface area contributed by atoms with Crippen LogP contribution in [0.25, 0.3) is 0 Å². The number of aromatic nitrogens is 1. The Balaban J connectivity index is 0.00000121. The number of methoxy groups -OCH3 is 1. The topological polar surface area (TPSA) is 48.1 Å². The maximum Gasteiger partial charge on any atom is 0.213 e. The van der Waals surface area contributed by atoms with E-state index in [0.717, 1.165) is 12.1 Å². The van der Waals surface area contributed by atoms with E-state index in [1.807, 2.05) is 18.2 Å². The monoisotopic (exact) mass is 188 g/mol. The van der Waals surface area contributed by atoms with Crippen LogP contribution in [0.15, 0.2) is 18.2 Å². The van der Waals surface area contributed by atoms with Crippen LogP contribution in [0.4, 0.5) is 0 Å². The van der Waals surface area contributed by atoms with Gasteiger partial charge >= 0.3 is 0 Å². The van der Waals surface area contributed by atoms with Crippen LogP contribution in [0.1, 0.15) is 5.69 Å². The molecule has 0 unspecified atom stereocenters. The number of nitrogens with zero attached hydrogens (tertiary/aromatic N) is 1. The second kappa shape index (κ2) is 5.80. The van der Waals surface area contributed by atoms with Crippen LogP contribution >= 0.6 is 12.4 Å². The third-order valence-corrected chi connectivity index (χ3v) is 1.39. The van der Waals surface area contributed by atoms with Gasteiger partial charge in [-0.3, -0.25) is 0 Å². The van der Waals surface area contributed by atoms with Crippen LogP contribution in [-0.4, -0.2) is 18.6 Å². The van der Waals surface area contributed by atoms with E-state index in [1.165, 1.54) is 0 Å². The molecule has 2 N–H and O–H groups in total. The zero-order chi connectivity index (χ0) is 8.10. The van der Waals surface area contributed by atoms with E-state index < -0.39 is 0 Å². The summed E-state index contributed by atoms with van der Waals surface area (Å²) in [4.78, 5) is 4.18. The average molecular weight is 189 g/mol. The van der Waals surface area contributed by atoms with Crippen molar-refractivity contribution in [1.82, 2.24) is 4.98 Å². The average Bonchev–Trinajstić information content (AvgIpc) is 2.06. The highest BCUT2D eigenvalue weighted by atomic mass is 35.5. The Morgan fingerprint density at radius 2 is 2.25 bits per heavy atom. The van der Waals surface area contributed by atoms with Crippen molar-refractivity contribution in [3.8, 4) is 5.88 Å². The van der Waals surface area contributed by atoms with Gasteiger partial charge in [0.2, 0.25) is 5.88 Å². The van der Waals surface area contributed by atoms with Gasteiger partial charge in [-0.05, 0) is 12.6 Å². The normalized spacial score (nSPS) is 8.83. The van der Waals surface area contributed by atoms with Gasteiger partial charge in [0.25, 0.3) is 0 Å². The van der Waals surface area contributed by atoms with Crippen molar-refractivity contribution in [2.75, 3.05) is 13.7 Å². The Morgan fingerprint density at radius 1 is 1.50 bits per heavy atom. The molecule has 0 aliphatic carbocycles. The van der Waals surface area contributed by atoms with E-state index in [9.17, 15) is 0 Å². The lowest BCUT2D eigenvalue weighted by Crippen LogP contribution is -2.04. The van der Waals surface area contributed by atoms with Gasteiger partial charge in [0.15, 0.2) is 0 Å². The fourth-order valence-electron chi connectivity index (χ4n) is 0.858. The van der Waals surface area contributed by atoms with Gasteiger partial charge in [0, 0.05) is 18.2 Å². The molecule has 0 bridgehead atoms. The summed E-state index contributed by atoms with van der Waals surface area (Å²) in [6, 6.07) is 5.67. The lowest BCUT2D eigenvalue weighted by Gasteiger charge is -2.00. The minimum absolute atomic E-state index is 0. The van der Waals surface area contributed by atoms with Crippen LogP contribution < -0.4 is 10.5 Å². The van der Waals surface area contributed by atoms with Crippen molar-refractivity contribution in [1.29, 1.82) is 0 Å². The Kier molecular flexibility index (Phi) is 5.41. The molecule has 1 aromatic rings. The van der Waals surface area contributed by atoms with Crippen molar-refractivity contribution in [2.45, 2.75) is 6.42 Å². The lowest BCUT2D eigenvalue weighted by molar-refractivity contribution is 0.396. The Morgan fingerprint density at radius 3 is 2.83 bits per heavy atom. The molecule has 12 heavy (non-hydrogen) atoms. The van der Waals surface area contributed by atoms with Gasteiger partial charge < -0.3 is 10.5 Å². The molecule has 0 aromatic carbocycles. The van der Waals surface area contributed by atoms with Gasteiger partial charge in [0.05, 0.1) is 7.11 Å². The number of ether oxygens (including phenoxy) is 1. The lowest BCUT2D eigenvalue weighted by atomic mass is 10.3. The molecule has 1 aromatic heterocycles. The van der Waals surface area contributed by atoms with Crippen LogP contribution in [0.2, 0.25) is 0 Å². The highest BCUT2D eigenvalue weighted by Crippen LogP contribution is 2.06. The van der Waals surface area contributed by atoms with E-state index in [0.29, 0.717) is 12.4 Å². The SMILES string of the molecule is COc1cccc(CCN)n1.Cl. The Bertz CT molecular complexity index is 230.